The highest BCUT2D eigenvalue weighted by Gasteiger charge is 2.32. The second kappa shape index (κ2) is 12.3. The summed E-state index contributed by atoms with van der Waals surface area (Å²) in [6, 6.07) is 21.0. The molecule has 7 nitrogen and oxygen atoms in total. The van der Waals surface area contributed by atoms with Gasteiger partial charge in [-0.2, -0.15) is 0 Å². The predicted octanol–water partition coefficient (Wildman–Crippen LogP) is 4.11. The Balaban J connectivity index is 2.05. The van der Waals surface area contributed by atoms with E-state index in [2.05, 4.69) is 5.32 Å². The summed E-state index contributed by atoms with van der Waals surface area (Å²) >= 11 is 6.26. The van der Waals surface area contributed by atoms with E-state index < -0.39 is 28.5 Å². The van der Waals surface area contributed by atoms with Crippen molar-refractivity contribution in [3.63, 3.8) is 0 Å². The number of halogens is 1. The average Bonchev–Trinajstić information content (AvgIpc) is 2.86. The fourth-order valence-electron chi connectivity index (χ4n) is 4.04. The third-order valence-electron chi connectivity index (χ3n) is 6.24. The molecule has 3 aromatic carbocycles. The maximum atomic E-state index is 13.9. The zero-order valence-electron chi connectivity index (χ0n) is 21.4. The summed E-state index contributed by atoms with van der Waals surface area (Å²) in [7, 11) is -2.32. The van der Waals surface area contributed by atoms with Crippen molar-refractivity contribution in [3.05, 3.63) is 100 Å². The van der Waals surface area contributed by atoms with E-state index in [4.69, 9.17) is 11.6 Å². The van der Waals surface area contributed by atoms with Gasteiger partial charge in [-0.1, -0.05) is 72.3 Å². The Bertz CT molecular complexity index is 1360. The Labute approximate surface area is 224 Å². The highest BCUT2D eigenvalue weighted by atomic mass is 35.5. The smallest absolute Gasteiger partial charge is 0.244 e. The second-order valence-corrected chi connectivity index (χ2v) is 11.3. The number of hydrogen-bond donors (Lipinski definition) is 1. The molecule has 0 saturated carbocycles. The van der Waals surface area contributed by atoms with Crippen LogP contribution in [0.2, 0.25) is 5.02 Å². The van der Waals surface area contributed by atoms with Crippen LogP contribution in [-0.2, 0) is 32.6 Å². The van der Waals surface area contributed by atoms with Crippen LogP contribution < -0.4 is 9.62 Å². The zero-order valence-corrected chi connectivity index (χ0v) is 23.0. The van der Waals surface area contributed by atoms with Gasteiger partial charge in [0.2, 0.25) is 21.8 Å². The molecule has 0 spiro atoms. The number of benzene rings is 3. The Hall–Kier alpha value is -3.36. The van der Waals surface area contributed by atoms with Gasteiger partial charge in [-0.25, -0.2) is 8.42 Å². The number of carbonyl (C=O) groups is 2. The van der Waals surface area contributed by atoms with Gasteiger partial charge in [0.25, 0.3) is 0 Å². The van der Waals surface area contributed by atoms with E-state index in [9.17, 15) is 18.0 Å². The molecule has 1 N–H and O–H groups in total. The lowest BCUT2D eigenvalue weighted by molar-refractivity contribution is -0.139. The van der Waals surface area contributed by atoms with Crippen LogP contribution in [-0.4, -0.2) is 51.0 Å². The fourth-order valence-corrected chi connectivity index (χ4v) is 5.06. The molecule has 3 aromatic rings. The molecule has 0 aliphatic heterocycles. The number of likely N-dealkylation sites (N-methyl/N-ethyl adjacent to an activating group) is 1. The third-order valence-corrected chi connectivity index (χ3v) is 7.79. The van der Waals surface area contributed by atoms with Crippen molar-refractivity contribution in [1.29, 1.82) is 0 Å². The second-order valence-electron chi connectivity index (χ2n) is 8.97. The van der Waals surface area contributed by atoms with Crippen molar-refractivity contribution < 1.29 is 18.0 Å². The minimum atomic E-state index is -3.84. The number of rotatable bonds is 10. The fraction of sp³-hybridized carbons (Fsp3) is 0.286. The molecule has 0 aliphatic carbocycles. The summed E-state index contributed by atoms with van der Waals surface area (Å²) in [5, 5.41) is 3.06. The van der Waals surface area contributed by atoms with Crippen LogP contribution in [0.25, 0.3) is 0 Å². The summed E-state index contributed by atoms with van der Waals surface area (Å²) in [6.07, 6.45) is 1.31. The van der Waals surface area contributed by atoms with Gasteiger partial charge < -0.3 is 10.2 Å². The number of nitrogens with one attached hydrogen (secondary N) is 1. The van der Waals surface area contributed by atoms with Gasteiger partial charge in [0.05, 0.1) is 11.9 Å². The molecule has 0 radical (unpaired) electrons. The monoisotopic (exact) mass is 541 g/mol. The molecular formula is C28H32ClN3O4S. The maximum Gasteiger partial charge on any atom is 0.244 e. The van der Waals surface area contributed by atoms with E-state index in [1.165, 1.54) is 18.0 Å². The molecule has 0 saturated heterocycles. The first-order chi connectivity index (χ1) is 17.5. The Morgan fingerprint density at radius 2 is 1.59 bits per heavy atom. The maximum absolute atomic E-state index is 13.9. The van der Waals surface area contributed by atoms with Crippen LogP contribution in [0.4, 0.5) is 5.69 Å². The zero-order chi connectivity index (χ0) is 27.2. The van der Waals surface area contributed by atoms with Crippen molar-refractivity contribution in [1.82, 2.24) is 10.2 Å². The lowest BCUT2D eigenvalue weighted by Crippen LogP contribution is -2.53. The van der Waals surface area contributed by atoms with Crippen molar-refractivity contribution in [3.8, 4) is 0 Å². The molecule has 196 valence electrons. The Kier molecular flexibility index (Phi) is 9.34. The molecule has 0 heterocycles. The topological polar surface area (TPSA) is 86.8 Å². The van der Waals surface area contributed by atoms with Crippen molar-refractivity contribution in [2.75, 3.05) is 24.2 Å². The molecule has 37 heavy (non-hydrogen) atoms. The normalized spacial score (nSPS) is 12.0. The Morgan fingerprint density at radius 1 is 0.946 bits per heavy atom. The number of hydrogen-bond acceptors (Lipinski definition) is 4. The number of amides is 2. The molecule has 2 amide bonds. The van der Waals surface area contributed by atoms with Crippen molar-refractivity contribution >= 4 is 39.1 Å². The van der Waals surface area contributed by atoms with Crippen molar-refractivity contribution in [2.24, 2.45) is 0 Å². The third kappa shape index (κ3) is 7.33. The largest absolute Gasteiger partial charge is 0.357 e. The average molecular weight is 542 g/mol. The van der Waals surface area contributed by atoms with Crippen LogP contribution in [0.15, 0.2) is 72.8 Å². The van der Waals surface area contributed by atoms with Gasteiger partial charge >= 0.3 is 0 Å². The van der Waals surface area contributed by atoms with Gasteiger partial charge in [0.15, 0.2) is 0 Å². The standard InChI is InChI=1S/C28H32ClN3O4S/c1-20-10-8-9-13-23(20)18-31(26(28(34)30-3)16-22-11-6-5-7-12-22)27(33)19-32(37(4,35)36)24-15-14-21(2)25(29)17-24/h5-15,17,26H,16,18-19H2,1-4H3,(H,30,34)/t26-/m1/s1. The van der Waals surface area contributed by atoms with Crippen LogP contribution in [0.1, 0.15) is 22.3 Å². The number of sulfonamides is 1. The highest BCUT2D eigenvalue weighted by Crippen LogP contribution is 2.26. The minimum Gasteiger partial charge on any atom is -0.357 e. The van der Waals surface area contributed by atoms with E-state index in [1.807, 2.05) is 68.4 Å². The lowest BCUT2D eigenvalue weighted by Gasteiger charge is -2.33. The quantitative estimate of drug-likeness (QED) is 0.418. The summed E-state index contributed by atoms with van der Waals surface area (Å²) in [4.78, 5) is 28.5. The van der Waals surface area contributed by atoms with Gasteiger partial charge in [0.1, 0.15) is 12.6 Å². The Morgan fingerprint density at radius 3 is 2.19 bits per heavy atom. The summed E-state index contributed by atoms with van der Waals surface area (Å²) < 4.78 is 26.6. The lowest BCUT2D eigenvalue weighted by atomic mass is 10.0. The van der Waals surface area contributed by atoms with E-state index in [0.29, 0.717) is 5.02 Å². The number of nitrogens with zero attached hydrogens (tertiary/aromatic N) is 2. The number of aryl methyl sites for hydroxylation is 2. The van der Waals surface area contributed by atoms with Gasteiger partial charge in [-0.05, 0) is 48.2 Å². The SMILES string of the molecule is CNC(=O)[C@@H](Cc1ccccc1)N(Cc1ccccc1C)C(=O)CN(c1ccc(C)c(Cl)c1)S(C)(=O)=O. The highest BCUT2D eigenvalue weighted by molar-refractivity contribution is 7.92. The van der Waals surface area contributed by atoms with E-state index in [-0.39, 0.29) is 24.6 Å². The molecule has 0 unspecified atom stereocenters. The first-order valence-corrected chi connectivity index (χ1v) is 14.1. The first-order valence-electron chi connectivity index (χ1n) is 11.8. The van der Waals surface area contributed by atoms with Gasteiger partial charge in [0, 0.05) is 25.0 Å². The minimum absolute atomic E-state index is 0.142. The molecule has 1 atom stereocenters. The molecule has 0 aliphatic rings. The van der Waals surface area contributed by atoms with Gasteiger partial charge in [-0.3, -0.25) is 13.9 Å². The van der Waals surface area contributed by atoms with Crippen LogP contribution in [0.5, 0.6) is 0 Å². The van der Waals surface area contributed by atoms with Gasteiger partial charge in [-0.15, -0.1) is 0 Å². The van der Waals surface area contributed by atoms with Crippen LogP contribution >= 0.6 is 11.6 Å². The number of carbonyl (C=O) groups excluding carboxylic acids is 2. The first kappa shape index (κ1) is 28.2. The number of anilines is 1. The molecule has 0 bridgehead atoms. The summed E-state index contributed by atoms with van der Waals surface area (Å²) in [6.45, 7) is 3.40. The molecule has 3 rings (SSSR count). The molecule has 0 aromatic heterocycles. The molecule has 0 fully saturated rings. The van der Waals surface area contributed by atoms with E-state index in [1.54, 1.807) is 12.1 Å². The summed E-state index contributed by atoms with van der Waals surface area (Å²) in [5.74, 6) is -0.843. The van der Waals surface area contributed by atoms with Crippen LogP contribution in [0, 0.1) is 13.8 Å². The van der Waals surface area contributed by atoms with E-state index in [0.717, 1.165) is 32.8 Å². The molecule has 9 heteroatoms. The molecular weight excluding hydrogens is 510 g/mol. The summed E-state index contributed by atoms with van der Waals surface area (Å²) in [5.41, 5.74) is 3.77. The van der Waals surface area contributed by atoms with Crippen LogP contribution in [0.3, 0.4) is 0 Å². The van der Waals surface area contributed by atoms with E-state index >= 15 is 0 Å². The predicted molar refractivity (Wildman–Crippen MR) is 148 cm³/mol. The van der Waals surface area contributed by atoms with Crippen molar-refractivity contribution in [2.45, 2.75) is 32.9 Å².